The van der Waals surface area contributed by atoms with Crippen molar-refractivity contribution in [3.63, 3.8) is 0 Å². The second kappa shape index (κ2) is 9.00. The Labute approximate surface area is 144 Å². The van der Waals surface area contributed by atoms with E-state index in [1.54, 1.807) is 0 Å². The van der Waals surface area contributed by atoms with Gasteiger partial charge >= 0.3 is 5.97 Å². The first kappa shape index (κ1) is 18.7. The molecule has 1 aliphatic rings. The summed E-state index contributed by atoms with van der Waals surface area (Å²) in [5, 5.41) is 10.3. The SMILES string of the molecule is C=C(C)C(C)C(O)C[C@@H]1C[C@@H](COCc2ccccc2)CC(=O)O1. The van der Waals surface area contributed by atoms with E-state index in [1.165, 1.54) is 0 Å². The Morgan fingerprint density at radius 2 is 2.12 bits per heavy atom. The zero-order valence-corrected chi connectivity index (χ0v) is 14.6. The molecule has 0 radical (unpaired) electrons. The highest BCUT2D eigenvalue weighted by Gasteiger charge is 2.31. The summed E-state index contributed by atoms with van der Waals surface area (Å²) in [5.41, 5.74) is 2.06. The van der Waals surface area contributed by atoms with Gasteiger partial charge in [0, 0.05) is 12.3 Å². The number of cyclic esters (lactones) is 1. The van der Waals surface area contributed by atoms with Gasteiger partial charge < -0.3 is 14.6 Å². The number of hydrogen-bond donors (Lipinski definition) is 1. The van der Waals surface area contributed by atoms with Crippen molar-refractivity contribution in [2.75, 3.05) is 6.61 Å². The summed E-state index contributed by atoms with van der Waals surface area (Å²) in [7, 11) is 0. The number of esters is 1. The van der Waals surface area contributed by atoms with Crippen LogP contribution in [-0.2, 0) is 20.9 Å². The van der Waals surface area contributed by atoms with E-state index in [1.807, 2.05) is 44.2 Å². The molecule has 1 aromatic carbocycles. The van der Waals surface area contributed by atoms with Crippen LogP contribution in [-0.4, -0.2) is 29.9 Å². The lowest BCUT2D eigenvalue weighted by molar-refractivity contribution is -0.160. The highest BCUT2D eigenvalue weighted by Crippen LogP contribution is 2.27. The fourth-order valence-corrected chi connectivity index (χ4v) is 2.96. The molecule has 24 heavy (non-hydrogen) atoms. The fourth-order valence-electron chi connectivity index (χ4n) is 2.96. The molecule has 1 heterocycles. The maximum absolute atomic E-state index is 11.8. The molecule has 4 atom stereocenters. The largest absolute Gasteiger partial charge is 0.462 e. The molecule has 0 aliphatic carbocycles. The van der Waals surface area contributed by atoms with Gasteiger partial charge in [-0.15, -0.1) is 0 Å². The predicted octanol–water partition coefficient (Wildman–Crippen LogP) is 3.49. The number of aliphatic hydroxyl groups excluding tert-OH is 1. The lowest BCUT2D eigenvalue weighted by Crippen LogP contribution is -2.35. The number of ether oxygens (including phenoxy) is 2. The Morgan fingerprint density at radius 3 is 2.79 bits per heavy atom. The third-order valence-corrected chi connectivity index (χ3v) is 4.67. The third kappa shape index (κ3) is 5.77. The molecule has 1 fully saturated rings. The van der Waals surface area contributed by atoms with Crippen molar-refractivity contribution in [2.45, 2.75) is 51.9 Å². The van der Waals surface area contributed by atoms with Crippen LogP contribution >= 0.6 is 0 Å². The van der Waals surface area contributed by atoms with Crippen LogP contribution < -0.4 is 0 Å². The average molecular weight is 332 g/mol. The monoisotopic (exact) mass is 332 g/mol. The number of aliphatic hydroxyl groups is 1. The normalized spacial score (nSPS) is 23.4. The zero-order valence-electron chi connectivity index (χ0n) is 14.6. The van der Waals surface area contributed by atoms with Crippen LogP contribution in [0.5, 0.6) is 0 Å². The van der Waals surface area contributed by atoms with Crippen molar-refractivity contribution >= 4 is 5.97 Å². The van der Waals surface area contributed by atoms with Crippen LogP contribution in [0.4, 0.5) is 0 Å². The first-order valence-corrected chi connectivity index (χ1v) is 8.60. The van der Waals surface area contributed by atoms with E-state index in [-0.39, 0.29) is 23.9 Å². The molecule has 2 rings (SSSR count). The Hall–Kier alpha value is -1.65. The number of rotatable bonds is 8. The molecule has 0 amide bonds. The first-order chi connectivity index (χ1) is 11.5. The van der Waals surface area contributed by atoms with Crippen LogP contribution in [0, 0.1) is 11.8 Å². The summed E-state index contributed by atoms with van der Waals surface area (Å²) in [6.45, 7) is 8.81. The van der Waals surface area contributed by atoms with E-state index in [9.17, 15) is 9.90 Å². The van der Waals surface area contributed by atoms with Crippen molar-refractivity contribution in [1.82, 2.24) is 0 Å². The van der Waals surface area contributed by atoms with Gasteiger partial charge in [0.05, 0.1) is 25.7 Å². The third-order valence-electron chi connectivity index (χ3n) is 4.67. The van der Waals surface area contributed by atoms with E-state index < -0.39 is 6.10 Å². The molecule has 1 aliphatic heterocycles. The minimum absolute atomic E-state index is 0.00147. The van der Waals surface area contributed by atoms with Crippen LogP contribution in [0.25, 0.3) is 0 Å². The molecular formula is C20H28O4. The molecule has 1 aromatic rings. The van der Waals surface area contributed by atoms with Gasteiger partial charge in [-0.25, -0.2) is 0 Å². The van der Waals surface area contributed by atoms with E-state index in [0.29, 0.717) is 26.1 Å². The molecule has 0 saturated carbocycles. The fraction of sp³-hybridized carbons (Fsp3) is 0.550. The van der Waals surface area contributed by atoms with Gasteiger partial charge in [-0.1, -0.05) is 49.4 Å². The van der Waals surface area contributed by atoms with Gasteiger partial charge in [0.1, 0.15) is 6.10 Å². The molecule has 4 nitrogen and oxygen atoms in total. The average Bonchev–Trinajstić information content (AvgIpc) is 2.54. The molecule has 0 bridgehead atoms. The summed E-state index contributed by atoms with van der Waals surface area (Å²) in [4.78, 5) is 11.8. The first-order valence-electron chi connectivity index (χ1n) is 8.60. The molecule has 2 unspecified atom stereocenters. The van der Waals surface area contributed by atoms with Crippen molar-refractivity contribution < 1.29 is 19.4 Å². The van der Waals surface area contributed by atoms with Gasteiger partial charge in [-0.2, -0.15) is 0 Å². The van der Waals surface area contributed by atoms with Crippen molar-refractivity contribution in [3.8, 4) is 0 Å². The van der Waals surface area contributed by atoms with Gasteiger partial charge in [-0.05, 0) is 24.8 Å². The van der Waals surface area contributed by atoms with Crippen molar-refractivity contribution in [2.24, 2.45) is 11.8 Å². The molecule has 4 heteroatoms. The topological polar surface area (TPSA) is 55.8 Å². The lowest BCUT2D eigenvalue weighted by Gasteiger charge is -2.31. The maximum atomic E-state index is 11.8. The van der Waals surface area contributed by atoms with Crippen LogP contribution in [0.1, 0.15) is 38.7 Å². The molecule has 1 N–H and O–H groups in total. The second-order valence-corrected chi connectivity index (χ2v) is 6.86. The summed E-state index contributed by atoms with van der Waals surface area (Å²) < 4.78 is 11.2. The Bertz CT molecular complexity index is 540. The molecule has 0 spiro atoms. The number of benzene rings is 1. The summed E-state index contributed by atoms with van der Waals surface area (Å²) in [5.74, 6) is -0.0551. The van der Waals surface area contributed by atoms with Gasteiger partial charge in [0.15, 0.2) is 0 Å². The van der Waals surface area contributed by atoms with Crippen LogP contribution in [0.3, 0.4) is 0 Å². The quantitative estimate of drug-likeness (QED) is 0.585. The summed E-state index contributed by atoms with van der Waals surface area (Å²) >= 11 is 0. The van der Waals surface area contributed by atoms with Gasteiger partial charge in [0.25, 0.3) is 0 Å². The van der Waals surface area contributed by atoms with E-state index in [2.05, 4.69) is 6.58 Å². The molecule has 0 aromatic heterocycles. The number of hydrogen-bond acceptors (Lipinski definition) is 4. The van der Waals surface area contributed by atoms with Crippen LogP contribution in [0.2, 0.25) is 0 Å². The second-order valence-electron chi connectivity index (χ2n) is 6.86. The minimum Gasteiger partial charge on any atom is -0.462 e. The van der Waals surface area contributed by atoms with Crippen molar-refractivity contribution in [1.29, 1.82) is 0 Å². The zero-order chi connectivity index (χ0) is 17.5. The molecular weight excluding hydrogens is 304 g/mol. The highest BCUT2D eigenvalue weighted by atomic mass is 16.5. The summed E-state index contributed by atoms with van der Waals surface area (Å²) in [6.07, 6.45) is 0.796. The van der Waals surface area contributed by atoms with E-state index in [4.69, 9.17) is 9.47 Å². The smallest absolute Gasteiger partial charge is 0.306 e. The number of carbonyl (C=O) groups is 1. The predicted molar refractivity (Wildman–Crippen MR) is 93.3 cm³/mol. The van der Waals surface area contributed by atoms with E-state index in [0.717, 1.165) is 17.6 Å². The van der Waals surface area contributed by atoms with Gasteiger partial charge in [0.2, 0.25) is 0 Å². The van der Waals surface area contributed by atoms with E-state index >= 15 is 0 Å². The minimum atomic E-state index is -0.538. The Morgan fingerprint density at radius 1 is 1.42 bits per heavy atom. The Kier molecular flexibility index (Phi) is 7.00. The highest BCUT2D eigenvalue weighted by molar-refractivity contribution is 5.70. The molecule has 1 saturated heterocycles. The van der Waals surface area contributed by atoms with Crippen LogP contribution in [0.15, 0.2) is 42.5 Å². The van der Waals surface area contributed by atoms with Gasteiger partial charge in [-0.3, -0.25) is 4.79 Å². The maximum Gasteiger partial charge on any atom is 0.306 e. The Balaban J connectivity index is 1.79. The number of carbonyl (C=O) groups excluding carboxylic acids is 1. The lowest BCUT2D eigenvalue weighted by atomic mass is 9.88. The summed E-state index contributed by atoms with van der Waals surface area (Å²) in [6, 6.07) is 9.98. The van der Waals surface area contributed by atoms with Crippen molar-refractivity contribution in [3.05, 3.63) is 48.0 Å². The standard InChI is InChI=1S/C20H28O4/c1-14(2)15(3)19(21)11-18-9-17(10-20(22)24-18)13-23-12-16-7-5-4-6-8-16/h4-8,15,17-19,21H,1,9-13H2,2-3H3/t15?,17-,18+,19?/m1/s1. The molecule has 132 valence electrons.